The second-order valence-corrected chi connectivity index (χ2v) is 4.11. The quantitative estimate of drug-likeness (QED) is 0.878. The Morgan fingerprint density at radius 3 is 2.59 bits per heavy atom. The first kappa shape index (κ1) is 13.5. The summed E-state index contributed by atoms with van der Waals surface area (Å²) in [6.07, 6.45) is 0.488. The first-order valence-electron chi connectivity index (χ1n) is 5.24. The maximum atomic E-state index is 11.9. The monoisotopic (exact) mass is 255 g/mol. The summed E-state index contributed by atoms with van der Waals surface area (Å²) < 4.78 is 0. The van der Waals surface area contributed by atoms with Gasteiger partial charge in [0, 0.05) is 20.0 Å². The van der Waals surface area contributed by atoms with Crippen molar-refractivity contribution in [2.75, 3.05) is 13.6 Å². The average Bonchev–Trinajstić information content (AvgIpc) is 2.28. The molecule has 0 heterocycles. The molecular weight excluding hydrogens is 242 g/mol. The van der Waals surface area contributed by atoms with E-state index in [1.165, 1.54) is 4.90 Å². The zero-order chi connectivity index (χ0) is 12.8. The number of hydrogen-bond acceptors (Lipinski definition) is 2. The number of carboxylic acid groups (broad SMARTS) is 1. The topological polar surface area (TPSA) is 57.6 Å². The van der Waals surface area contributed by atoms with Crippen LogP contribution in [0, 0.1) is 0 Å². The number of carboxylic acids is 1. The predicted octanol–water partition coefficient (Wildman–Crippen LogP) is 2.28. The van der Waals surface area contributed by atoms with E-state index in [-0.39, 0.29) is 12.3 Å². The Labute approximate surface area is 105 Å². The van der Waals surface area contributed by atoms with Crippen LogP contribution in [-0.4, -0.2) is 35.5 Å². The summed E-state index contributed by atoms with van der Waals surface area (Å²) >= 11 is 5.91. The molecule has 0 unspecified atom stereocenters. The molecule has 0 spiro atoms. The molecule has 1 N–H and O–H groups in total. The van der Waals surface area contributed by atoms with Crippen LogP contribution in [-0.2, 0) is 4.79 Å². The summed E-state index contributed by atoms with van der Waals surface area (Å²) in [6, 6.07) is 6.80. The van der Waals surface area contributed by atoms with Crippen LogP contribution in [0.1, 0.15) is 23.2 Å². The molecule has 92 valence electrons. The lowest BCUT2D eigenvalue weighted by Crippen LogP contribution is -2.28. The fraction of sp³-hybridized carbons (Fsp3) is 0.333. The first-order valence-corrected chi connectivity index (χ1v) is 5.62. The Bertz CT molecular complexity index is 420. The summed E-state index contributed by atoms with van der Waals surface area (Å²) in [5.74, 6) is -1.05. The second kappa shape index (κ2) is 6.25. The number of halogens is 1. The van der Waals surface area contributed by atoms with Crippen LogP contribution in [0.25, 0.3) is 0 Å². The van der Waals surface area contributed by atoms with Crippen molar-refractivity contribution in [2.24, 2.45) is 0 Å². The highest BCUT2D eigenvalue weighted by Crippen LogP contribution is 2.16. The summed E-state index contributed by atoms with van der Waals surface area (Å²) in [4.78, 5) is 23.8. The van der Waals surface area contributed by atoms with Crippen molar-refractivity contribution in [3.05, 3.63) is 34.9 Å². The van der Waals surface area contributed by atoms with Crippen molar-refractivity contribution >= 4 is 23.5 Å². The minimum Gasteiger partial charge on any atom is -0.481 e. The van der Waals surface area contributed by atoms with Crippen LogP contribution in [0.5, 0.6) is 0 Å². The van der Waals surface area contributed by atoms with E-state index < -0.39 is 5.97 Å². The molecule has 1 rings (SSSR count). The first-order chi connectivity index (χ1) is 8.02. The normalized spacial score (nSPS) is 10.0. The largest absolute Gasteiger partial charge is 0.481 e. The minimum absolute atomic E-state index is 0.0557. The number of carbonyl (C=O) groups excluding carboxylic acids is 1. The average molecular weight is 256 g/mol. The molecule has 1 aromatic carbocycles. The fourth-order valence-corrected chi connectivity index (χ4v) is 1.63. The van der Waals surface area contributed by atoms with Crippen molar-refractivity contribution < 1.29 is 14.7 Å². The van der Waals surface area contributed by atoms with Gasteiger partial charge in [0.1, 0.15) is 0 Å². The molecule has 0 aliphatic carbocycles. The van der Waals surface area contributed by atoms with Gasteiger partial charge in [0.05, 0.1) is 10.6 Å². The van der Waals surface area contributed by atoms with Crippen LogP contribution in [0.15, 0.2) is 24.3 Å². The number of hydrogen-bond donors (Lipinski definition) is 1. The highest BCUT2D eigenvalue weighted by Gasteiger charge is 2.14. The van der Waals surface area contributed by atoms with Gasteiger partial charge in [-0.15, -0.1) is 0 Å². The van der Waals surface area contributed by atoms with Gasteiger partial charge in [-0.1, -0.05) is 23.7 Å². The van der Waals surface area contributed by atoms with E-state index in [0.717, 1.165) is 0 Å². The van der Waals surface area contributed by atoms with Gasteiger partial charge in [0.2, 0.25) is 0 Å². The van der Waals surface area contributed by atoms with E-state index in [9.17, 15) is 9.59 Å². The highest BCUT2D eigenvalue weighted by atomic mass is 35.5. The summed E-state index contributed by atoms with van der Waals surface area (Å²) in [5.41, 5.74) is 0.437. The molecule has 0 aliphatic rings. The molecule has 1 amide bonds. The zero-order valence-corrected chi connectivity index (χ0v) is 10.3. The molecular formula is C12H14ClNO3. The second-order valence-electron chi connectivity index (χ2n) is 3.70. The molecule has 0 atom stereocenters. The predicted molar refractivity (Wildman–Crippen MR) is 65.3 cm³/mol. The summed E-state index contributed by atoms with van der Waals surface area (Å²) in [6.45, 7) is 0.399. The van der Waals surface area contributed by atoms with Gasteiger partial charge in [-0.2, -0.15) is 0 Å². The molecule has 0 aliphatic heterocycles. The van der Waals surface area contributed by atoms with Crippen LogP contribution < -0.4 is 0 Å². The molecule has 5 heteroatoms. The molecule has 0 saturated heterocycles. The minimum atomic E-state index is -0.858. The third-order valence-corrected chi connectivity index (χ3v) is 2.66. The van der Waals surface area contributed by atoms with Gasteiger partial charge in [-0.3, -0.25) is 9.59 Å². The van der Waals surface area contributed by atoms with Gasteiger partial charge in [-0.05, 0) is 18.6 Å². The number of benzene rings is 1. The van der Waals surface area contributed by atoms with Gasteiger partial charge in [0.15, 0.2) is 0 Å². The molecule has 4 nitrogen and oxygen atoms in total. The molecule has 1 aromatic rings. The van der Waals surface area contributed by atoms with E-state index in [4.69, 9.17) is 16.7 Å². The van der Waals surface area contributed by atoms with Crippen molar-refractivity contribution in [1.82, 2.24) is 4.90 Å². The van der Waals surface area contributed by atoms with E-state index in [1.807, 2.05) is 0 Å². The van der Waals surface area contributed by atoms with Gasteiger partial charge >= 0.3 is 5.97 Å². The highest BCUT2D eigenvalue weighted by molar-refractivity contribution is 6.33. The lowest BCUT2D eigenvalue weighted by Gasteiger charge is -2.17. The van der Waals surface area contributed by atoms with Crippen LogP contribution in [0.2, 0.25) is 5.02 Å². The lowest BCUT2D eigenvalue weighted by atomic mass is 10.2. The number of carbonyl (C=O) groups is 2. The summed E-state index contributed by atoms with van der Waals surface area (Å²) in [7, 11) is 1.63. The third-order valence-electron chi connectivity index (χ3n) is 2.34. The van der Waals surface area contributed by atoms with Crippen molar-refractivity contribution in [2.45, 2.75) is 12.8 Å². The van der Waals surface area contributed by atoms with Crippen molar-refractivity contribution in [3.63, 3.8) is 0 Å². The van der Waals surface area contributed by atoms with Crippen LogP contribution >= 0.6 is 11.6 Å². The van der Waals surface area contributed by atoms with E-state index in [1.54, 1.807) is 31.3 Å². The Kier molecular flexibility index (Phi) is 4.97. The SMILES string of the molecule is CN(CCCC(=O)O)C(=O)c1ccccc1Cl. The maximum Gasteiger partial charge on any atom is 0.303 e. The number of nitrogens with zero attached hydrogens (tertiary/aromatic N) is 1. The third kappa shape index (κ3) is 4.07. The van der Waals surface area contributed by atoms with Crippen LogP contribution in [0.4, 0.5) is 0 Å². The van der Waals surface area contributed by atoms with E-state index in [0.29, 0.717) is 23.6 Å². The maximum absolute atomic E-state index is 11.9. The molecule has 0 aromatic heterocycles. The van der Waals surface area contributed by atoms with Gasteiger partial charge in [0.25, 0.3) is 5.91 Å². The Morgan fingerprint density at radius 1 is 1.35 bits per heavy atom. The number of amides is 1. The lowest BCUT2D eigenvalue weighted by molar-refractivity contribution is -0.137. The Balaban J connectivity index is 2.58. The Morgan fingerprint density at radius 2 is 2.00 bits per heavy atom. The molecule has 17 heavy (non-hydrogen) atoms. The van der Waals surface area contributed by atoms with E-state index >= 15 is 0 Å². The van der Waals surface area contributed by atoms with Gasteiger partial charge in [-0.25, -0.2) is 0 Å². The van der Waals surface area contributed by atoms with Crippen molar-refractivity contribution in [3.8, 4) is 0 Å². The van der Waals surface area contributed by atoms with Gasteiger partial charge < -0.3 is 10.0 Å². The molecule has 0 radical (unpaired) electrons. The zero-order valence-electron chi connectivity index (χ0n) is 9.52. The molecule has 0 bridgehead atoms. The standard InChI is InChI=1S/C12H14ClNO3/c1-14(8-4-7-11(15)16)12(17)9-5-2-3-6-10(9)13/h2-3,5-6H,4,7-8H2,1H3,(H,15,16). The fourth-order valence-electron chi connectivity index (χ4n) is 1.41. The molecule has 0 fully saturated rings. The number of rotatable bonds is 5. The van der Waals surface area contributed by atoms with Crippen LogP contribution in [0.3, 0.4) is 0 Å². The summed E-state index contributed by atoms with van der Waals surface area (Å²) in [5, 5.41) is 8.91. The molecule has 0 saturated carbocycles. The van der Waals surface area contributed by atoms with Crippen molar-refractivity contribution in [1.29, 1.82) is 0 Å². The smallest absolute Gasteiger partial charge is 0.303 e. The Hall–Kier alpha value is -1.55. The number of aliphatic carboxylic acids is 1. The van der Waals surface area contributed by atoms with E-state index in [2.05, 4.69) is 0 Å².